The summed E-state index contributed by atoms with van der Waals surface area (Å²) in [7, 11) is 0. The average Bonchev–Trinajstić information content (AvgIpc) is 2.68. The van der Waals surface area contributed by atoms with Gasteiger partial charge in [0.15, 0.2) is 12.6 Å². The van der Waals surface area contributed by atoms with E-state index < -0.39 is 0 Å². The van der Waals surface area contributed by atoms with Crippen molar-refractivity contribution >= 4 is 12.6 Å². The third kappa shape index (κ3) is 7.01. The molecule has 0 atom stereocenters. The van der Waals surface area contributed by atoms with Crippen LogP contribution >= 0.6 is 0 Å². The van der Waals surface area contributed by atoms with Crippen LogP contribution in [0.5, 0.6) is 5.75 Å². The smallest absolute Gasteiger partial charge is 0.153 e. The van der Waals surface area contributed by atoms with Gasteiger partial charge >= 0.3 is 0 Å². The van der Waals surface area contributed by atoms with Gasteiger partial charge in [-0.05, 0) is 56.4 Å². The summed E-state index contributed by atoms with van der Waals surface area (Å²) in [6.07, 6.45) is 9.59. The van der Waals surface area contributed by atoms with Gasteiger partial charge in [0.25, 0.3) is 0 Å². The monoisotopic (exact) mass is 366 g/mol. The Morgan fingerprint density at radius 3 is 1.89 bits per heavy atom. The number of benzene rings is 2. The van der Waals surface area contributed by atoms with Crippen LogP contribution in [0.25, 0.3) is 0 Å². The zero-order valence-corrected chi connectivity index (χ0v) is 16.5. The highest BCUT2D eigenvalue weighted by molar-refractivity contribution is 5.89. The third-order valence-corrected chi connectivity index (χ3v) is 4.77. The van der Waals surface area contributed by atoms with Gasteiger partial charge in [0, 0.05) is 0 Å². The third-order valence-electron chi connectivity index (χ3n) is 4.77. The van der Waals surface area contributed by atoms with Crippen LogP contribution in [0.2, 0.25) is 0 Å². The molecule has 0 saturated carbocycles. The number of ether oxygens (including phenoxy) is 1. The van der Waals surface area contributed by atoms with E-state index in [1.807, 2.05) is 6.92 Å². The molecule has 0 unspecified atom stereocenters. The number of carbonyl (C=O) groups is 2. The van der Waals surface area contributed by atoms with Gasteiger partial charge in [-0.2, -0.15) is 0 Å². The molecule has 2 rings (SSSR count). The zero-order valence-electron chi connectivity index (χ0n) is 16.5. The first kappa shape index (κ1) is 20.9. The summed E-state index contributed by atoms with van der Waals surface area (Å²) < 4.78 is 5.74. The van der Waals surface area contributed by atoms with E-state index in [1.165, 1.54) is 36.8 Å². The molecule has 0 aliphatic carbocycles. The summed E-state index contributed by atoms with van der Waals surface area (Å²) in [6.45, 7) is 4.52. The van der Waals surface area contributed by atoms with Gasteiger partial charge in [-0.15, -0.1) is 0 Å². The van der Waals surface area contributed by atoms with E-state index in [4.69, 9.17) is 4.74 Å². The molecule has 0 saturated heterocycles. The minimum absolute atomic E-state index is 0.420. The predicted octanol–water partition coefficient (Wildman–Crippen LogP) is 5.89. The largest absolute Gasteiger partial charge is 0.492 e. The van der Waals surface area contributed by atoms with Gasteiger partial charge in [0.2, 0.25) is 0 Å². The maximum atomic E-state index is 11.2. The Morgan fingerprint density at radius 2 is 1.30 bits per heavy atom. The standard InChI is InChI=1S/C24H30O3/c1-19-10-12-21(13-11-19)9-7-5-3-4-6-8-14-27-24-22(17-25)15-20(2)16-23(24)18-26/h10-13,15-18H,3-9,14H2,1-2H3. The molecule has 0 N–H and O–H groups in total. The van der Waals surface area contributed by atoms with Crippen molar-refractivity contribution in [2.75, 3.05) is 6.61 Å². The number of aryl methyl sites for hydroxylation is 3. The highest BCUT2D eigenvalue weighted by atomic mass is 16.5. The summed E-state index contributed by atoms with van der Waals surface area (Å²) in [5.74, 6) is 0.420. The Morgan fingerprint density at radius 1 is 0.741 bits per heavy atom. The minimum atomic E-state index is 0.420. The predicted molar refractivity (Wildman–Crippen MR) is 110 cm³/mol. The molecule has 3 heteroatoms. The lowest BCUT2D eigenvalue weighted by molar-refractivity contribution is 0.111. The normalized spacial score (nSPS) is 10.6. The SMILES string of the molecule is Cc1ccc(CCCCCCCCOc2c(C=O)cc(C)cc2C=O)cc1. The molecule has 0 heterocycles. The van der Waals surface area contributed by atoms with Crippen molar-refractivity contribution in [1.82, 2.24) is 0 Å². The summed E-state index contributed by atoms with van der Waals surface area (Å²) >= 11 is 0. The Labute approximate surface area is 162 Å². The molecule has 0 fully saturated rings. The Kier molecular flexibility index (Phi) is 8.76. The van der Waals surface area contributed by atoms with Crippen molar-refractivity contribution in [2.24, 2.45) is 0 Å². The summed E-state index contributed by atoms with van der Waals surface area (Å²) in [4.78, 5) is 22.4. The lowest BCUT2D eigenvalue weighted by atomic mass is 10.0. The number of hydrogen-bond donors (Lipinski definition) is 0. The molecular weight excluding hydrogens is 336 g/mol. The highest BCUT2D eigenvalue weighted by Crippen LogP contribution is 2.24. The van der Waals surface area contributed by atoms with Crippen molar-refractivity contribution in [2.45, 2.75) is 58.8 Å². The quantitative estimate of drug-likeness (QED) is 0.347. The van der Waals surface area contributed by atoms with Crippen LogP contribution in [0.15, 0.2) is 36.4 Å². The van der Waals surface area contributed by atoms with E-state index >= 15 is 0 Å². The lowest BCUT2D eigenvalue weighted by Crippen LogP contribution is -2.04. The van der Waals surface area contributed by atoms with Crippen LogP contribution in [-0.4, -0.2) is 19.2 Å². The summed E-state index contributed by atoms with van der Waals surface area (Å²) in [5.41, 5.74) is 4.52. The van der Waals surface area contributed by atoms with E-state index in [1.54, 1.807) is 12.1 Å². The van der Waals surface area contributed by atoms with Crippen LogP contribution in [0.4, 0.5) is 0 Å². The molecule has 3 nitrogen and oxygen atoms in total. The van der Waals surface area contributed by atoms with E-state index in [0.29, 0.717) is 23.5 Å². The molecule has 0 aliphatic heterocycles. The summed E-state index contributed by atoms with van der Waals surface area (Å²) in [6, 6.07) is 12.3. The second-order valence-corrected chi connectivity index (χ2v) is 7.21. The number of aldehydes is 2. The van der Waals surface area contributed by atoms with Crippen molar-refractivity contribution in [3.05, 3.63) is 64.2 Å². The molecule has 0 spiro atoms. The molecule has 0 bridgehead atoms. The lowest BCUT2D eigenvalue weighted by Gasteiger charge is -2.11. The number of unbranched alkanes of at least 4 members (excludes halogenated alkanes) is 5. The van der Waals surface area contributed by atoms with Crippen LogP contribution in [0, 0.1) is 13.8 Å². The van der Waals surface area contributed by atoms with Crippen molar-refractivity contribution in [1.29, 1.82) is 0 Å². The van der Waals surface area contributed by atoms with Crippen LogP contribution in [-0.2, 0) is 6.42 Å². The van der Waals surface area contributed by atoms with Gasteiger partial charge < -0.3 is 4.74 Å². The van der Waals surface area contributed by atoms with Crippen molar-refractivity contribution in [3.63, 3.8) is 0 Å². The van der Waals surface area contributed by atoms with Crippen LogP contribution in [0.3, 0.4) is 0 Å². The number of carbonyl (C=O) groups excluding carboxylic acids is 2. The molecule has 2 aromatic carbocycles. The molecule has 0 aromatic heterocycles. The van der Waals surface area contributed by atoms with Crippen LogP contribution in [0.1, 0.15) is 75.9 Å². The topological polar surface area (TPSA) is 43.4 Å². The van der Waals surface area contributed by atoms with Gasteiger partial charge in [0.05, 0.1) is 17.7 Å². The second-order valence-electron chi connectivity index (χ2n) is 7.21. The molecule has 0 amide bonds. The molecule has 144 valence electrons. The van der Waals surface area contributed by atoms with Crippen molar-refractivity contribution in [3.8, 4) is 5.75 Å². The fourth-order valence-corrected chi connectivity index (χ4v) is 3.24. The number of rotatable bonds is 12. The Hall–Kier alpha value is -2.42. The van der Waals surface area contributed by atoms with E-state index in [-0.39, 0.29) is 0 Å². The second kappa shape index (κ2) is 11.3. The number of hydrogen-bond acceptors (Lipinski definition) is 3. The molecule has 0 aliphatic rings. The molecular formula is C24H30O3. The van der Waals surface area contributed by atoms with Gasteiger partial charge in [-0.3, -0.25) is 9.59 Å². The first-order valence-corrected chi connectivity index (χ1v) is 9.87. The van der Waals surface area contributed by atoms with E-state index in [2.05, 4.69) is 31.2 Å². The first-order valence-electron chi connectivity index (χ1n) is 9.87. The molecule has 2 aromatic rings. The average molecular weight is 367 g/mol. The van der Waals surface area contributed by atoms with E-state index in [0.717, 1.165) is 37.4 Å². The maximum absolute atomic E-state index is 11.2. The fraction of sp³-hybridized carbons (Fsp3) is 0.417. The first-order chi connectivity index (χ1) is 13.1. The zero-order chi connectivity index (χ0) is 19.5. The Balaban J connectivity index is 1.60. The van der Waals surface area contributed by atoms with Crippen LogP contribution < -0.4 is 4.74 Å². The van der Waals surface area contributed by atoms with Gasteiger partial charge in [-0.1, -0.05) is 55.5 Å². The van der Waals surface area contributed by atoms with E-state index in [9.17, 15) is 9.59 Å². The minimum Gasteiger partial charge on any atom is -0.492 e. The summed E-state index contributed by atoms with van der Waals surface area (Å²) in [5, 5.41) is 0. The van der Waals surface area contributed by atoms with Crippen molar-refractivity contribution < 1.29 is 14.3 Å². The van der Waals surface area contributed by atoms with Gasteiger partial charge in [-0.25, -0.2) is 0 Å². The van der Waals surface area contributed by atoms with Gasteiger partial charge in [0.1, 0.15) is 5.75 Å². The molecule has 0 radical (unpaired) electrons. The highest BCUT2D eigenvalue weighted by Gasteiger charge is 2.10. The fourth-order valence-electron chi connectivity index (χ4n) is 3.24. The molecule has 27 heavy (non-hydrogen) atoms. The Bertz CT molecular complexity index is 703. The maximum Gasteiger partial charge on any atom is 0.153 e.